The molecule has 4 aliphatic rings. The van der Waals surface area contributed by atoms with Crippen LogP contribution in [0.5, 0.6) is 0 Å². The van der Waals surface area contributed by atoms with Crippen molar-refractivity contribution in [2.75, 3.05) is 0 Å². The zero-order valence-corrected chi connectivity index (χ0v) is 75.9. The molecule has 8 heteroatoms. The summed E-state index contributed by atoms with van der Waals surface area (Å²) in [6, 6.07) is 90.2. The van der Waals surface area contributed by atoms with Gasteiger partial charge in [-0.1, -0.05) is 288 Å². The molecule has 0 saturated heterocycles. The van der Waals surface area contributed by atoms with Gasteiger partial charge in [-0.15, -0.1) is 0 Å². The topological polar surface area (TPSA) is 35.2 Å². The Hall–Kier alpha value is -12.5. The van der Waals surface area contributed by atoms with Crippen molar-refractivity contribution in [1.29, 1.82) is 0 Å². The molecule has 8 nitrogen and oxygen atoms in total. The number of pyridine rings is 4. The van der Waals surface area contributed by atoms with Gasteiger partial charge in [0.15, 0.2) is 24.8 Å². The van der Waals surface area contributed by atoms with Crippen LogP contribution in [0.25, 0.3) is 175 Å². The highest BCUT2D eigenvalue weighted by atomic mass is 15.0. The minimum absolute atomic E-state index is 0. The maximum absolute atomic E-state index is 9.09. The Labute approximate surface area is 774 Å². The number of aromatic nitrogens is 8. The lowest BCUT2D eigenvalue weighted by atomic mass is 9.83. The summed E-state index contributed by atoms with van der Waals surface area (Å²) >= 11 is 0. The van der Waals surface area contributed by atoms with E-state index in [9.17, 15) is 0 Å². The van der Waals surface area contributed by atoms with Crippen LogP contribution in [0.4, 0.5) is 0 Å². The highest BCUT2D eigenvalue weighted by molar-refractivity contribution is 6.23. The molecule has 12 aromatic carbocycles. The molecule has 0 spiro atoms. The van der Waals surface area contributed by atoms with E-state index >= 15 is 0 Å². The van der Waals surface area contributed by atoms with Crippen molar-refractivity contribution in [3.05, 3.63) is 312 Å². The molecule has 0 unspecified atom stereocenters. The average molecular weight is 1720 g/mol. The first kappa shape index (κ1) is 86.8. The number of aryl methyl sites for hydroxylation is 12. The molecule has 8 aromatic heterocycles. The van der Waals surface area contributed by atoms with Gasteiger partial charge in [-0.25, -0.2) is 0 Å². The van der Waals surface area contributed by atoms with Crippen LogP contribution in [-0.4, -0.2) is 18.3 Å². The van der Waals surface area contributed by atoms with Crippen molar-refractivity contribution in [2.45, 2.75) is 197 Å². The van der Waals surface area contributed by atoms with Gasteiger partial charge in [0.05, 0.1) is 44.3 Å². The number of fused-ring (bicyclic) bond motifs is 20. The smallest absolute Gasteiger partial charge is 0.237 e. The SMILES string of the molecule is C.C.C.C.Cc1ccccc1-c1c2c(cc[n+]1C)c1ccc3cc(C4CCCC4)ccc3c1n2C.Cc1ccccc1-c1c2c(cc[n+]1C)c1ccc3cc(C4CCCCC4)ccc3c1n2C.[2H]C1(c2ccc3c(ccc4c5cc[n+](C)c(-c6ccccc6C)c5n(C)c34)c2)CCCC1.[2H]C1(c2ccc3c(ccc4c5cc[n+](C)c(-c6ccccc6C)c5n(C)c34)c2)CCCCC1. The Kier molecular flexibility index (Phi) is 24.6. The molecule has 20 aromatic rings. The summed E-state index contributed by atoms with van der Waals surface area (Å²) in [6.07, 6.45) is 30.9. The van der Waals surface area contributed by atoms with Crippen molar-refractivity contribution < 1.29 is 21.0 Å². The first-order chi connectivity index (χ1) is 62.2. The van der Waals surface area contributed by atoms with Crippen molar-refractivity contribution in [1.82, 2.24) is 18.3 Å². The highest BCUT2D eigenvalue weighted by Crippen LogP contribution is 2.47. The van der Waals surface area contributed by atoms with Gasteiger partial charge in [0.1, 0.15) is 50.3 Å². The molecule has 8 heterocycles. The third-order valence-corrected chi connectivity index (χ3v) is 30.0. The summed E-state index contributed by atoms with van der Waals surface area (Å²) < 4.78 is 36.7. The van der Waals surface area contributed by atoms with Crippen LogP contribution in [0.3, 0.4) is 0 Å². The number of rotatable bonds is 8. The monoisotopic (exact) mass is 1720 g/mol. The molecular weight excluding hydrogens is 1580 g/mol. The summed E-state index contributed by atoms with van der Waals surface area (Å²) in [5.74, 6) is 0.655. The lowest BCUT2D eigenvalue weighted by Gasteiger charge is -2.22. The molecule has 130 heavy (non-hydrogen) atoms. The predicted molar refractivity (Wildman–Crippen MR) is 558 cm³/mol. The molecule has 24 rings (SSSR count). The van der Waals surface area contributed by atoms with Crippen LogP contribution in [0.15, 0.2) is 267 Å². The van der Waals surface area contributed by atoms with E-state index in [1.165, 1.54) is 310 Å². The molecule has 0 aliphatic heterocycles. The Balaban J connectivity index is 0.000000122. The number of nitrogens with zero attached hydrogens (tertiary/aromatic N) is 8. The van der Waals surface area contributed by atoms with Gasteiger partial charge in [-0.2, -0.15) is 18.3 Å². The maximum Gasteiger partial charge on any atom is 0.237 e. The number of hydrogen-bond donors (Lipinski definition) is 0. The van der Waals surface area contributed by atoms with Crippen molar-refractivity contribution in [3.8, 4) is 45.0 Å². The van der Waals surface area contributed by atoms with Crippen molar-refractivity contribution >= 4 is 130 Å². The van der Waals surface area contributed by atoms with Crippen LogP contribution in [0, 0.1) is 27.7 Å². The van der Waals surface area contributed by atoms with Crippen molar-refractivity contribution in [2.24, 2.45) is 56.4 Å². The minimum Gasteiger partial charge on any atom is -0.338 e. The van der Waals surface area contributed by atoms with Gasteiger partial charge in [-0.3, -0.25) is 0 Å². The molecule has 0 radical (unpaired) electrons. The summed E-state index contributed by atoms with van der Waals surface area (Å²) in [5.41, 5.74) is 31.2. The van der Waals surface area contributed by atoms with Gasteiger partial charge >= 0.3 is 0 Å². The van der Waals surface area contributed by atoms with E-state index in [-0.39, 0.29) is 29.7 Å². The van der Waals surface area contributed by atoms with Gasteiger partial charge in [-0.05, 0) is 193 Å². The zero-order valence-electron chi connectivity index (χ0n) is 77.9. The van der Waals surface area contributed by atoms with Crippen molar-refractivity contribution in [3.63, 3.8) is 0 Å². The first-order valence-corrected chi connectivity index (χ1v) is 46.8. The largest absolute Gasteiger partial charge is 0.338 e. The fourth-order valence-corrected chi connectivity index (χ4v) is 23.4. The first-order valence-electron chi connectivity index (χ1n) is 47.8. The van der Waals surface area contributed by atoms with Crippen LogP contribution in [-0.2, 0) is 56.4 Å². The Morgan fingerprint density at radius 2 is 0.438 bits per heavy atom. The summed E-state index contributed by atoms with van der Waals surface area (Å²) in [4.78, 5) is 0. The van der Waals surface area contributed by atoms with Gasteiger partial charge in [0.25, 0.3) is 0 Å². The maximum atomic E-state index is 9.09. The Bertz CT molecular complexity index is 7850. The van der Waals surface area contributed by atoms with E-state index in [1.807, 2.05) is 0 Å². The third-order valence-electron chi connectivity index (χ3n) is 30.0. The highest BCUT2D eigenvalue weighted by Gasteiger charge is 2.31. The Morgan fingerprint density at radius 1 is 0.231 bits per heavy atom. The summed E-state index contributed by atoms with van der Waals surface area (Å²) in [7, 11) is 17.5. The van der Waals surface area contributed by atoms with Crippen LogP contribution in [0.1, 0.15) is 216 Å². The van der Waals surface area contributed by atoms with Crippen LogP contribution in [0.2, 0.25) is 0 Å². The summed E-state index contributed by atoms with van der Waals surface area (Å²) in [5, 5.41) is 21.0. The van der Waals surface area contributed by atoms with E-state index in [0.29, 0.717) is 0 Å². The third kappa shape index (κ3) is 15.4. The Morgan fingerprint density at radius 3 is 0.700 bits per heavy atom. The summed E-state index contributed by atoms with van der Waals surface area (Å²) in [6.45, 7) is 8.79. The zero-order chi connectivity index (χ0) is 87.7. The fraction of sp³-hybridized carbons (Fsp3) is 0.311. The molecule has 4 aliphatic carbocycles. The van der Waals surface area contributed by atoms with E-state index in [0.717, 1.165) is 37.5 Å². The second-order valence-corrected chi connectivity index (χ2v) is 37.6. The molecule has 660 valence electrons. The fourth-order valence-electron chi connectivity index (χ4n) is 23.4. The van der Waals surface area contributed by atoms with E-state index in [2.05, 4.69) is 388 Å². The molecule has 0 amide bonds. The quantitative estimate of drug-likeness (QED) is 0.136. The van der Waals surface area contributed by atoms with Gasteiger partial charge in [0, 0.05) is 120 Å². The molecular formula is C122H136N8+4. The average Bonchev–Trinajstić information content (AvgIpc) is 1.56. The normalized spacial score (nSPS) is 15.3. The minimum atomic E-state index is -0.425. The van der Waals surface area contributed by atoms with Crippen LogP contribution < -0.4 is 18.3 Å². The molecule has 4 saturated carbocycles. The lowest BCUT2D eigenvalue weighted by molar-refractivity contribution is -0.659. The van der Waals surface area contributed by atoms with E-state index in [4.69, 9.17) is 2.74 Å². The predicted octanol–water partition coefficient (Wildman–Crippen LogP) is 31.1. The van der Waals surface area contributed by atoms with E-state index in [1.54, 1.807) is 0 Å². The van der Waals surface area contributed by atoms with E-state index < -0.39 is 11.8 Å². The molecule has 4 fully saturated rings. The number of benzene rings is 12. The van der Waals surface area contributed by atoms with Crippen LogP contribution >= 0.6 is 0 Å². The molecule has 0 bridgehead atoms. The second-order valence-electron chi connectivity index (χ2n) is 37.6. The van der Waals surface area contributed by atoms with Gasteiger partial charge in [0.2, 0.25) is 22.8 Å². The molecule has 0 N–H and O–H groups in total. The second kappa shape index (κ2) is 36.8. The van der Waals surface area contributed by atoms with Gasteiger partial charge < -0.3 is 18.3 Å². The standard InChI is InChI=1S/2C30H31N2.2C29H29N2.4CH4/c2*1-20-9-7-8-12-24(20)29-30-27(17-18-31(29)2)26-16-14-23-19-22(21-10-5-4-6-11-21)13-15-25(23)28(26)32(30)3;2*1-19-8-4-7-11-23(19)28-29-26(16-17-30(28)2)25-15-13-22-18-21(20-9-5-6-10-20)12-14-24(22)27(25)31(29)3;;;;/h2*7-9,12-19,21H,4-6,10-11H2,1-3H3;2*4,7-8,11-18,20H,5-6,9-10H2,1-3H3;4*1H4/q4*+1;;;;/i21D;;20D;;;;;. The number of hydrogen-bond acceptors (Lipinski definition) is 0. The molecule has 0 atom stereocenters. The lowest BCUT2D eigenvalue weighted by Crippen LogP contribution is -2.31.